The van der Waals surface area contributed by atoms with Gasteiger partial charge in [0.2, 0.25) is 5.91 Å². The summed E-state index contributed by atoms with van der Waals surface area (Å²) in [6.07, 6.45) is 6.72. The van der Waals surface area contributed by atoms with Gasteiger partial charge in [0.15, 0.2) is 0 Å². The second-order valence-corrected chi connectivity index (χ2v) is 6.37. The monoisotopic (exact) mass is 240 g/mol. The number of hydrogen-bond donors (Lipinski definition) is 2. The molecule has 0 saturated heterocycles. The first kappa shape index (κ1) is 14.5. The Labute approximate surface area is 106 Å². The fourth-order valence-electron chi connectivity index (χ4n) is 2.52. The third-order valence-electron chi connectivity index (χ3n) is 3.46. The van der Waals surface area contributed by atoms with Crippen LogP contribution in [0.15, 0.2) is 0 Å². The van der Waals surface area contributed by atoms with Crippen molar-refractivity contribution in [3.05, 3.63) is 0 Å². The van der Waals surface area contributed by atoms with Crippen molar-refractivity contribution in [3.63, 3.8) is 0 Å². The fraction of sp³-hybridized carbons (Fsp3) is 0.929. The minimum atomic E-state index is -0.132. The van der Waals surface area contributed by atoms with Crippen molar-refractivity contribution in [1.82, 2.24) is 10.6 Å². The van der Waals surface area contributed by atoms with Crippen molar-refractivity contribution >= 4 is 5.91 Å². The lowest BCUT2D eigenvalue weighted by molar-refractivity contribution is -0.121. The molecule has 2 N–H and O–H groups in total. The van der Waals surface area contributed by atoms with Crippen LogP contribution in [0.5, 0.6) is 0 Å². The van der Waals surface area contributed by atoms with E-state index in [4.69, 9.17) is 0 Å². The van der Waals surface area contributed by atoms with Gasteiger partial charge in [-0.05, 0) is 46.5 Å². The highest BCUT2D eigenvalue weighted by molar-refractivity contribution is 5.78. The molecule has 1 aliphatic rings. The summed E-state index contributed by atoms with van der Waals surface area (Å²) in [5.74, 6) is 0.853. The van der Waals surface area contributed by atoms with Crippen LogP contribution in [-0.2, 0) is 4.79 Å². The lowest BCUT2D eigenvalue weighted by Gasteiger charge is -2.29. The first-order valence-electron chi connectivity index (χ1n) is 6.93. The Kier molecular flexibility index (Phi) is 5.44. The average Bonchev–Trinajstić information content (AvgIpc) is 2.25. The molecular weight excluding hydrogens is 212 g/mol. The third-order valence-corrected chi connectivity index (χ3v) is 3.46. The van der Waals surface area contributed by atoms with E-state index in [-0.39, 0.29) is 11.4 Å². The summed E-state index contributed by atoms with van der Waals surface area (Å²) in [5.41, 5.74) is -0.132. The lowest BCUT2D eigenvalue weighted by Crippen LogP contribution is -2.47. The summed E-state index contributed by atoms with van der Waals surface area (Å²) in [5, 5.41) is 6.34. The maximum absolute atomic E-state index is 11.7. The average molecular weight is 240 g/mol. The van der Waals surface area contributed by atoms with E-state index in [2.05, 4.69) is 17.6 Å². The minimum Gasteiger partial charge on any atom is -0.350 e. The normalized spacial score (nSPS) is 20.0. The molecule has 0 aromatic rings. The van der Waals surface area contributed by atoms with Crippen molar-refractivity contribution in [2.45, 2.75) is 71.4 Å². The zero-order valence-corrected chi connectivity index (χ0v) is 11.8. The maximum atomic E-state index is 11.7. The zero-order valence-electron chi connectivity index (χ0n) is 11.8. The Morgan fingerprint density at radius 1 is 1.24 bits per heavy atom. The molecule has 100 valence electrons. The standard InChI is InChI=1S/C14H28N2O/c1-11(12-8-6-5-7-9-12)15-10-13(17)16-14(2,3)4/h11-12,15H,5-10H2,1-4H3,(H,16,17)/t11-/m0/s1. The first-order chi connectivity index (χ1) is 7.88. The van der Waals surface area contributed by atoms with Crippen LogP contribution in [0, 0.1) is 5.92 Å². The van der Waals surface area contributed by atoms with Gasteiger partial charge in [-0.3, -0.25) is 4.79 Å². The first-order valence-corrected chi connectivity index (χ1v) is 6.93. The molecule has 17 heavy (non-hydrogen) atoms. The van der Waals surface area contributed by atoms with E-state index >= 15 is 0 Å². The summed E-state index contributed by atoms with van der Waals surface area (Å²) in [4.78, 5) is 11.7. The fourth-order valence-corrected chi connectivity index (χ4v) is 2.52. The van der Waals surface area contributed by atoms with Crippen LogP contribution >= 0.6 is 0 Å². The SMILES string of the molecule is C[C@H](NCC(=O)NC(C)(C)C)C1CCCCC1. The van der Waals surface area contributed by atoms with Gasteiger partial charge >= 0.3 is 0 Å². The highest BCUT2D eigenvalue weighted by Gasteiger charge is 2.21. The Balaban J connectivity index is 2.22. The number of amides is 1. The van der Waals surface area contributed by atoms with Gasteiger partial charge in [0.05, 0.1) is 6.54 Å². The molecule has 0 heterocycles. The van der Waals surface area contributed by atoms with Crippen LogP contribution in [-0.4, -0.2) is 24.0 Å². The van der Waals surface area contributed by atoms with Crippen molar-refractivity contribution in [2.24, 2.45) is 5.92 Å². The number of carbonyl (C=O) groups excluding carboxylic acids is 1. The quantitative estimate of drug-likeness (QED) is 0.792. The zero-order chi connectivity index (χ0) is 12.9. The molecule has 1 fully saturated rings. The van der Waals surface area contributed by atoms with Gasteiger partial charge in [-0.1, -0.05) is 19.3 Å². The molecule has 1 atom stereocenters. The van der Waals surface area contributed by atoms with Crippen LogP contribution in [0.4, 0.5) is 0 Å². The van der Waals surface area contributed by atoms with Crippen LogP contribution < -0.4 is 10.6 Å². The Bertz CT molecular complexity index is 239. The molecule has 0 spiro atoms. The Morgan fingerprint density at radius 2 is 1.82 bits per heavy atom. The third kappa shape index (κ3) is 6.06. The molecule has 0 bridgehead atoms. The number of hydrogen-bond acceptors (Lipinski definition) is 2. The molecule has 1 amide bonds. The molecule has 0 aromatic heterocycles. The summed E-state index contributed by atoms with van der Waals surface area (Å²) < 4.78 is 0. The van der Waals surface area contributed by atoms with Crippen molar-refractivity contribution in [2.75, 3.05) is 6.54 Å². The van der Waals surface area contributed by atoms with Crippen LogP contribution in [0.2, 0.25) is 0 Å². The van der Waals surface area contributed by atoms with E-state index in [9.17, 15) is 4.79 Å². The molecule has 1 aliphatic carbocycles. The number of carbonyl (C=O) groups is 1. The summed E-state index contributed by atoms with van der Waals surface area (Å²) in [7, 11) is 0. The molecule has 1 rings (SSSR count). The van der Waals surface area contributed by atoms with Gasteiger partial charge in [0.1, 0.15) is 0 Å². The molecule has 3 heteroatoms. The smallest absolute Gasteiger partial charge is 0.234 e. The van der Waals surface area contributed by atoms with Gasteiger partial charge in [0.25, 0.3) is 0 Å². The second-order valence-electron chi connectivity index (χ2n) is 6.37. The molecule has 3 nitrogen and oxygen atoms in total. The van der Waals surface area contributed by atoms with Crippen molar-refractivity contribution < 1.29 is 4.79 Å². The van der Waals surface area contributed by atoms with E-state index in [1.54, 1.807) is 0 Å². The van der Waals surface area contributed by atoms with Crippen molar-refractivity contribution in [3.8, 4) is 0 Å². The summed E-state index contributed by atoms with van der Waals surface area (Å²) >= 11 is 0. The number of rotatable bonds is 4. The highest BCUT2D eigenvalue weighted by Crippen LogP contribution is 2.26. The van der Waals surface area contributed by atoms with Crippen LogP contribution in [0.1, 0.15) is 59.8 Å². The van der Waals surface area contributed by atoms with Crippen LogP contribution in [0.25, 0.3) is 0 Å². The topological polar surface area (TPSA) is 41.1 Å². The summed E-state index contributed by atoms with van der Waals surface area (Å²) in [6, 6.07) is 0.459. The second kappa shape index (κ2) is 6.39. The van der Waals surface area contributed by atoms with Gasteiger partial charge in [-0.15, -0.1) is 0 Å². The molecule has 0 radical (unpaired) electrons. The van der Waals surface area contributed by atoms with E-state index in [0.29, 0.717) is 12.6 Å². The van der Waals surface area contributed by atoms with Gasteiger partial charge in [-0.25, -0.2) is 0 Å². The van der Waals surface area contributed by atoms with E-state index in [1.807, 2.05) is 20.8 Å². The predicted octanol–water partition coefficient (Wildman–Crippen LogP) is 2.46. The molecular formula is C14H28N2O. The molecule has 0 unspecified atom stereocenters. The van der Waals surface area contributed by atoms with Crippen LogP contribution in [0.3, 0.4) is 0 Å². The largest absolute Gasteiger partial charge is 0.350 e. The van der Waals surface area contributed by atoms with E-state index in [1.165, 1.54) is 32.1 Å². The van der Waals surface area contributed by atoms with Gasteiger partial charge < -0.3 is 10.6 Å². The van der Waals surface area contributed by atoms with E-state index in [0.717, 1.165) is 5.92 Å². The van der Waals surface area contributed by atoms with Crippen molar-refractivity contribution in [1.29, 1.82) is 0 Å². The van der Waals surface area contributed by atoms with Gasteiger partial charge in [-0.2, -0.15) is 0 Å². The lowest BCUT2D eigenvalue weighted by atomic mass is 9.84. The predicted molar refractivity (Wildman–Crippen MR) is 71.9 cm³/mol. The van der Waals surface area contributed by atoms with Gasteiger partial charge in [0, 0.05) is 11.6 Å². The Hall–Kier alpha value is -0.570. The maximum Gasteiger partial charge on any atom is 0.234 e. The molecule has 0 aromatic carbocycles. The molecule has 0 aliphatic heterocycles. The Morgan fingerprint density at radius 3 is 2.35 bits per heavy atom. The molecule has 1 saturated carbocycles. The summed E-state index contributed by atoms with van der Waals surface area (Å²) in [6.45, 7) is 8.68. The number of nitrogens with one attached hydrogen (secondary N) is 2. The minimum absolute atomic E-state index is 0.0974. The van der Waals surface area contributed by atoms with E-state index < -0.39 is 0 Å². The highest BCUT2D eigenvalue weighted by atomic mass is 16.2.